The molecule has 19 heavy (non-hydrogen) atoms. The zero-order valence-corrected chi connectivity index (χ0v) is 11.2. The second kappa shape index (κ2) is 7.37. The summed E-state index contributed by atoms with van der Waals surface area (Å²) < 4.78 is 12.9. The second-order valence-electron chi connectivity index (χ2n) is 4.41. The van der Waals surface area contributed by atoms with Gasteiger partial charge in [-0.3, -0.25) is 4.79 Å². The first-order valence-corrected chi connectivity index (χ1v) is 6.29. The van der Waals surface area contributed by atoms with E-state index in [1.807, 2.05) is 13.0 Å². The van der Waals surface area contributed by atoms with Crippen LogP contribution in [0.1, 0.15) is 32.3 Å². The Kier molecular flexibility index (Phi) is 5.80. The lowest BCUT2D eigenvalue weighted by Gasteiger charge is -2.14. The van der Waals surface area contributed by atoms with Gasteiger partial charge in [-0.1, -0.05) is 13.3 Å². The maximum Gasteiger partial charge on any atom is 0.239 e. The van der Waals surface area contributed by atoms with Crippen LogP contribution in [0.5, 0.6) is 0 Å². The van der Waals surface area contributed by atoms with Crippen LogP contribution >= 0.6 is 0 Å². The van der Waals surface area contributed by atoms with Crippen molar-refractivity contribution in [3.63, 3.8) is 0 Å². The van der Waals surface area contributed by atoms with E-state index >= 15 is 0 Å². The molecule has 0 spiro atoms. The van der Waals surface area contributed by atoms with Gasteiger partial charge in [-0.05, 0) is 31.5 Å². The lowest BCUT2D eigenvalue weighted by molar-refractivity contribution is -0.120. The molecule has 5 heteroatoms. The summed E-state index contributed by atoms with van der Waals surface area (Å²) in [5.41, 5.74) is 0.650. The summed E-state index contributed by atoms with van der Waals surface area (Å²) in [5, 5.41) is 14.5. The number of nitrogens with zero attached hydrogens (tertiary/aromatic N) is 1. The highest BCUT2D eigenvalue weighted by molar-refractivity contribution is 5.81. The fraction of sp³-hybridized carbons (Fsp3) is 0.429. The van der Waals surface area contributed by atoms with E-state index in [4.69, 9.17) is 5.26 Å². The van der Waals surface area contributed by atoms with Crippen LogP contribution in [0, 0.1) is 17.1 Å². The van der Waals surface area contributed by atoms with Gasteiger partial charge in [0.2, 0.25) is 5.91 Å². The Labute approximate surface area is 112 Å². The molecule has 1 aromatic carbocycles. The number of amides is 1. The van der Waals surface area contributed by atoms with E-state index in [9.17, 15) is 9.18 Å². The van der Waals surface area contributed by atoms with Crippen LogP contribution in [0.15, 0.2) is 18.2 Å². The maximum atomic E-state index is 12.9. The summed E-state index contributed by atoms with van der Waals surface area (Å²) in [4.78, 5) is 11.6. The molecule has 1 rings (SSSR count). The number of nitrogens with one attached hydrogen (secondary N) is 2. The van der Waals surface area contributed by atoms with Crippen molar-refractivity contribution in [3.05, 3.63) is 29.6 Å². The van der Waals surface area contributed by atoms with E-state index in [-0.39, 0.29) is 24.1 Å². The molecule has 0 fully saturated rings. The van der Waals surface area contributed by atoms with Gasteiger partial charge < -0.3 is 10.6 Å². The Bertz CT molecular complexity index is 482. The van der Waals surface area contributed by atoms with Gasteiger partial charge in [0.15, 0.2) is 0 Å². The summed E-state index contributed by atoms with van der Waals surface area (Å²) in [7, 11) is 0. The standard InChI is InChI=1S/C14H18FN3O/c1-3-4-10(2)18-14(19)9-17-13-6-5-12(15)7-11(13)8-16/h5-7,10,17H,3-4,9H2,1-2H3,(H,18,19). The van der Waals surface area contributed by atoms with E-state index in [1.165, 1.54) is 12.1 Å². The number of anilines is 1. The minimum atomic E-state index is -0.469. The van der Waals surface area contributed by atoms with Crippen molar-refractivity contribution in [2.24, 2.45) is 0 Å². The van der Waals surface area contributed by atoms with Crippen LogP contribution in [0.4, 0.5) is 10.1 Å². The van der Waals surface area contributed by atoms with Gasteiger partial charge in [-0.15, -0.1) is 0 Å². The number of nitriles is 1. The number of carbonyl (C=O) groups excluding carboxylic acids is 1. The van der Waals surface area contributed by atoms with Gasteiger partial charge in [0.25, 0.3) is 0 Å². The van der Waals surface area contributed by atoms with Gasteiger partial charge in [0.05, 0.1) is 17.8 Å². The van der Waals surface area contributed by atoms with E-state index in [1.54, 1.807) is 0 Å². The molecule has 1 aromatic rings. The summed E-state index contributed by atoms with van der Waals surface area (Å²) in [5.74, 6) is -0.614. The molecule has 0 aliphatic carbocycles. The number of carbonyl (C=O) groups is 1. The molecule has 0 radical (unpaired) electrons. The van der Waals surface area contributed by atoms with Gasteiger partial charge in [-0.2, -0.15) is 5.26 Å². The first-order chi connectivity index (χ1) is 9.06. The fourth-order valence-electron chi connectivity index (χ4n) is 1.77. The van der Waals surface area contributed by atoms with Crippen molar-refractivity contribution in [2.75, 3.05) is 11.9 Å². The Morgan fingerprint density at radius 1 is 1.53 bits per heavy atom. The SMILES string of the molecule is CCCC(C)NC(=O)CNc1ccc(F)cc1C#N. The third-order valence-corrected chi connectivity index (χ3v) is 2.67. The van der Waals surface area contributed by atoms with E-state index in [2.05, 4.69) is 17.6 Å². The molecule has 0 aliphatic rings. The number of benzene rings is 1. The van der Waals surface area contributed by atoms with Crippen LogP contribution < -0.4 is 10.6 Å². The van der Waals surface area contributed by atoms with Crippen LogP contribution in [-0.2, 0) is 4.79 Å². The minimum absolute atomic E-state index is 0.0639. The Morgan fingerprint density at radius 2 is 2.26 bits per heavy atom. The second-order valence-corrected chi connectivity index (χ2v) is 4.41. The monoisotopic (exact) mass is 263 g/mol. The molecule has 4 nitrogen and oxygen atoms in total. The lowest BCUT2D eigenvalue weighted by atomic mass is 10.2. The summed E-state index contributed by atoms with van der Waals surface area (Å²) in [6.45, 7) is 4.06. The van der Waals surface area contributed by atoms with Gasteiger partial charge in [-0.25, -0.2) is 4.39 Å². The van der Waals surface area contributed by atoms with Crippen molar-refractivity contribution < 1.29 is 9.18 Å². The highest BCUT2D eigenvalue weighted by Crippen LogP contribution is 2.15. The number of hydrogen-bond acceptors (Lipinski definition) is 3. The molecule has 2 N–H and O–H groups in total. The third kappa shape index (κ3) is 4.96. The molecule has 0 bridgehead atoms. The van der Waals surface area contributed by atoms with Crippen LogP contribution in [-0.4, -0.2) is 18.5 Å². The fourth-order valence-corrected chi connectivity index (χ4v) is 1.77. The molecule has 0 aromatic heterocycles. The summed E-state index contributed by atoms with van der Waals surface area (Å²) in [6.07, 6.45) is 1.93. The normalized spacial score (nSPS) is 11.5. The van der Waals surface area contributed by atoms with Crippen molar-refractivity contribution in [1.82, 2.24) is 5.32 Å². The highest BCUT2D eigenvalue weighted by atomic mass is 19.1. The predicted molar refractivity (Wildman–Crippen MR) is 72.1 cm³/mol. The largest absolute Gasteiger partial charge is 0.375 e. The van der Waals surface area contributed by atoms with Crippen molar-refractivity contribution in [1.29, 1.82) is 5.26 Å². The minimum Gasteiger partial charge on any atom is -0.375 e. The van der Waals surface area contributed by atoms with Crippen molar-refractivity contribution in [3.8, 4) is 6.07 Å². The predicted octanol–water partition coefficient (Wildman–Crippen LogP) is 2.41. The Hall–Kier alpha value is -2.09. The van der Waals surface area contributed by atoms with Gasteiger partial charge >= 0.3 is 0 Å². The maximum absolute atomic E-state index is 12.9. The lowest BCUT2D eigenvalue weighted by Crippen LogP contribution is -2.36. The average Bonchev–Trinajstić information content (AvgIpc) is 2.37. The topological polar surface area (TPSA) is 64.9 Å². The van der Waals surface area contributed by atoms with Gasteiger partial charge in [0, 0.05) is 6.04 Å². The Morgan fingerprint density at radius 3 is 2.89 bits per heavy atom. The van der Waals surface area contributed by atoms with Crippen molar-refractivity contribution in [2.45, 2.75) is 32.7 Å². The quantitative estimate of drug-likeness (QED) is 0.828. The molecular weight excluding hydrogens is 245 g/mol. The Balaban J connectivity index is 2.53. The average molecular weight is 263 g/mol. The van der Waals surface area contributed by atoms with E-state index in [0.717, 1.165) is 18.9 Å². The van der Waals surface area contributed by atoms with E-state index in [0.29, 0.717) is 5.69 Å². The molecule has 0 saturated heterocycles. The molecule has 0 heterocycles. The van der Waals surface area contributed by atoms with Crippen LogP contribution in [0.2, 0.25) is 0 Å². The first-order valence-electron chi connectivity index (χ1n) is 6.29. The number of hydrogen-bond donors (Lipinski definition) is 2. The highest BCUT2D eigenvalue weighted by Gasteiger charge is 2.08. The summed E-state index contributed by atoms with van der Waals surface area (Å²) >= 11 is 0. The molecule has 1 amide bonds. The van der Waals surface area contributed by atoms with Crippen LogP contribution in [0.25, 0.3) is 0 Å². The molecular formula is C14H18FN3O. The molecule has 102 valence electrons. The number of rotatable bonds is 6. The molecule has 0 aliphatic heterocycles. The zero-order chi connectivity index (χ0) is 14.3. The molecule has 1 atom stereocenters. The van der Waals surface area contributed by atoms with Crippen molar-refractivity contribution >= 4 is 11.6 Å². The van der Waals surface area contributed by atoms with E-state index < -0.39 is 5.82 Å². The number of halogens is 1. The first kappa shape index (κ1) is 15.0. The van der Waals surface area contributed by atoms with Gasteiger partial charge in [0.1, 0.15) is 11.9 Å². The third-order valence-electron chi connectivity index (χ3n) is 2.67. The zero-order valence-electron chi connectivity index (χ0n) is 11.2. The van der Waals surface area contributed by atoms with Crippen LogP contribution in [0.3, 0.4) is 0 Å². The molecule has 0 saturated carbocycles. The smallest absolute Gasteiger partial charge is 0.239 e. The summed E-state index contributed by atoms with van der Waals surface area (Å²) in [6, 6.07) is 5.86. The molecule has 1 unspecified atom stereocenters.